The SMILES string of the molecule is CCN(C)C1C(CC2Cc3c(c(O)cc4c3N(C)CCC4N(C)C)C(=O)C2C=O)C(=O)C(=O)C(C(N)=O)C1O. The van der Waals surface area contributed by atoms with Crippen molar-refractivity contribution in [3.63, 3.8) is 0 Å². The molecule has 39 heavy (non-hydrogen) atoms. The Labute approximate surface area is 227 Å². The van der Waals surface area contributed by atoms with Crippen molar-refractivity contribution in [1.82, 2.24) is 9.80 Å². The molecule has 0 bridgehead atoms. The van der Waals surface area contributed by atoms with E-state index in [-0.39, 0.29) is 30.2 Å². The normalized spacial score (nSPS) is 30.9. The predicted molar refractivity (Wildman–Crippen MR) is 142 cm³/mol. The molecule has 3 aliphatic rings. The molecule has 1 amide bonds. The molecule has 0 radical (unpaired) electrons. The number of phenols is 1. The number of amides is 1. The van der Waals surface area contributed by atoms with E-state index in [1.54, 1.807) is 18.0 Å². The summed E-state index contributed by atoms with van der Waals surface area (Å²) in [6.45, 7) is 2.94. The third-order valence-corrected chi connectivity index (χ3v) is 9.02. The third kappa shape index (κ3) is 4.66. The average Bonchev–Trinajstić information content (AvgIpc) is 2.86. The fourth-order valence-corrected chi connectivity index (χ4v) is 6.94. The summed E-state index contributed by atoms with van der Waals surface area (Å²) in [5.41, 5.74) is 7.83. The first-order valence-electron chi connectivity index (χ1n) is 13.4. The highest BCUT2D eigenvalue weighted by Crippen LogP contribution is 2.48. The molecule has 1 aromatic rings. The summed E-state index contributed by atoms with van der Waals surface area (Å²) >= 11 is 0. The smallest absolute Gasteiger partial charge is 0.231 e. The van der Waals surface area contributed by atoms with Gasteiger partial charge in [0.2, 0.25) is 17.5 Å². The molecule has 11 heteroatoms. The first-order chi connectivity index (χ1) is 18.3. The van der Waals surface area contributed by atoms with Gasteiger partial charge in [-0.25, -0.2) is 0 Å². The van der Waals surface area contributed by atoms with Gasteiger partial charge in [-0.3, -0.25) is 19.2 Å². The Kier molecular flexibility index (Phi) is 7.98. The van der Waals surface area contributed by atoms with Crippen molar-refractivity contribution in [3.05, 3.63) is 22.8 Å². The number of nitrogens with zero attached hydrogens (tertiary/aromatic N) is 3. The van der Waals surface area contributed by atoms with Crippen LogP contribution in [0.4, 0.5) is 5.69 Å². The molecule has 7 unspecified atom stereocenters. The maximum absolute atomic E-state index is 13.7. The molecule has 0 saturated heterocycles. The lowest BCUT2D eigenvalue weighted by Gasteiger charge is -2.44. The van der Waals surface area contributed by atoms with Crippen molar-refractivity contribution in [3.8, 4) is 5.75 Å². The Hall–Kier alpha value is -3.15. The minimum atomic E-state index is -1.65. The second-order valence-electron chi connectivity index (χ2n) is 11.4. The number of rotatable bonds is 7. The number of likely N-dealkylation sites (N-methyl/N-ethyl adjacent to an activating group) is 1. The second kappa shape index (κ2) is 10.8. The van der Waals surface area contributed by atoms with Crippen LogP contribution in [0.2, 0.25) is 0 Å². The zero-order valence-corrected chi connectivity index (χ0v) is 23.1. The molecule has 1 fully saturated rings. The second-order valence-corrected chi connectivity index (χ2v) is 11.4. The van der Waals surface area contributed by atoms with Crippen molar-refractivity contribution in [2.45, 2.75) is 44.4 Å². The van der Waals surface area contributed by atoms with Gasteiger partial charge in [0, 0.05) is 37.3 Å². The van der Waals surface area contributed by atoms with E-state index >= 15 is 0 Å². The van der Waals surface area contributed by atoms with Gasteiger partial charge in [0.15, 0.2) is 5.78 Å². The summed E-state index contributed by atoms with van der Waals surface area (Å²) in [5.74, 6) is -8.14. The van der Waals surface area contributed by atoms with Gasteiger partial charge in [-0.1, -0.05) is 6.92 Å². The van der Waals surface area contributed by atoms with Gasteiger partial charge in [0.25, 0.3) is 0 Å². The Balaban J connectivity index is 1.80. The number of hydrogen-bond donors (Lipinski definition) is 3. The first-order valence-corrected chi connectivity index (χ1v) is 13.4. The van der Waals surface area contributed by atoms with Crippen molar-refractivity contribution in [2.24, 2.45) is 29.4 Å². The molecule has 7 atom stereocenters. The quantitative estimate of drug-likeness (QED) is 0.242. The molecule has 1 heterocycles. The van der Waals surface area contributed by atoms with Crippen LogP contribution in [0.25, 0.3) is 0 Å². The van der Waals surface area contributed by atoms with E-state index in [0.717, 1.165) is 24.2 Å². The fraction of sp³-hybridized carbons (Fsp3) is 0.607. The number of aldehydes is 1. The predicted octanol–water partition coefficient (Wildman–Crippen LogP) is -0.0543. The molecule has 11 nitrogen and oxygen atoms in total. The molecule has 212 valence electrons. The summed E-state index contributed by atoms with van der Waals surface area (Å²) in [5, 5.41) is 22.0. The molecule has 4 rings (SSSR count). The van der Waals surface area contributed by atoms with Gasteiger partial charge in [0.05, 0.1) is 17.6 Å². The summed E-state index contributed by atoms with van der Waals surface area (Å²) in [6, 6.07) is 0.732. The number of aliphatic hydroxyl groups is 1. The molecule has 1 saturated carbocycles. The minimum Gasteiger partial charge on any atom is -0.507 e. The van der Waals surface area contributed by atoms with E-state index in [1.165, 1.54) is 0 Å². The molecule has 4 N–H and O–H groups in total. The molecule has 0 spiro atoms. The summed E-state index contributed by atoms with van der Waals surface area (Å²) in [7, 11) is 7.50. The van der Waals surface area contributed by atoms with E-state index in [2.05, 4.69) is 4.90 Å². The molecule has 1 aromatic carbocycles. The maximum Gasteiger partial charge on any atom is 0.231 e. The highest BCUT2D eigenvalue weighted by Gasteiger charge is 2.54. The number of aliphatic hydroxyl groups excluding tert-OH is 1. The van der Waals surface area contributed by atoms with Crippen molar-refractivity contribution in [1.29, 1.82) is 0 Å². The third-order valence-electron chi connectivity index (χ3n) is 9.02. The van der Waals surface area contributed by atoms with Crippen molar-refractivity contribution >= 4 is 35.2 Å². The molecular formula is C28H38N4O7. The number of fused-ring (bicyclic) bond motifs is 3. The number of phenolic OH excluding ortho intramolecular Hbond substituents is 1. The minimum absolute atomic E-state index is 0.0192. The van der Waals surface area contributed by atoms with Crippen LogP contribution >= 0.6 is 0 Å². The number of Topliss-reactive ketones (excluding diaryl/α,β-unsaturated/α-hetero) is 3. The van der Waals surface area contributed by atoms with E-state index in [4.69, 9.17) is 5.73 Å². The van der Waals surface area contributed by atoms with E-state index in [0.29, 0.717) is 18.4 Å². The number of ketones is 3. The van der Waals surface area contributed by atoms with Crippen LogP contribution in [0.15, 0.2) is 6.07 Å². The zero-order chi connectivity index (χ0) is 28.9. The van der Waals surface area contributed by atoms with E-state index in [9.17, 15) is 34.2 Å². The van der Waals surface area contributed by atoms with E-state index < -0.39 is 59.1 Å². The Morgan fingerprint density at radius 3 is 2.41 bits per heavy atom. The number of carbonyl (C=O) groups is 5. The number of benzene rings is 1. The van der Waals surface area contributed by atoms with Crippen LogP contribution in [-0.4, -0.2) is 103 Å². The number of hydrogen-bond acceptors (Lipinski definition) is 10. The first kappa shape index (κ1) is 28.8. The van der Waals surface area contributed by atoms with Crippen LogP contribution in [-0.2, 0) is 25.6 Å². The largest absolute Gasteiger partial charge is 0.507 e. The zero-order valence-electron chi connectivity index (χ0n) is 23.1. The van der Waals surface area contributed by atoms with Gasteiger partial charge >= 0.3 is 0 Å². The van der Waals surface area contributed by atoms with Gasteiger partial charge < -0.3 is 35.4 Å². The van der Waals surface area contributed by atoms with Crippen LogP contribution in [0.3, 0.4) is 0 Å². The highest BCUT2D eigenvalue weighted by atomic mass is 16.3. The van der Waals surface area contributed by atoms with Crippen molar-refractivity contribution in [2.75, 3.05) is 46.2 Å². The van der Waals surface area contributed by atoms with Crippen LogP contribution in [0.5, 0.6) is 5.75 Å². The van der Waals surface area contributed by atoms with Gasteiger partial charge in [0.1, 0.15) is 18.0 Å². The van der Waals surface area contributed by atoms with E-state index in [1.807, 2.05) is 33.0 Å². The van der Waals surface area contributed by atoms with Gasteiger partial charge in [-0.05, 0) is 70.1 Å². The molecular weight excluding hydrogens is 504 g/mol. The topological polar surface area (TPSA) is 162 Å². The average molecular weight is 543 g/mol. The summed E-state index contributed by atoms with van der Waals surface area (Å²) in [4.78, 5) is 69.9. The van der Waals surface area contributed by atoms with Crippen LogP contribution < -0.4 is 10.6 Å². The maximum atomic E-state index is 13.7. The monoisotopic (exact) mass is 542 g/mol. The van der Waals surface area contributed by atoms with Gasteiger partial charge in [-0.2, -0.15) is 0 Å². The Bertz CT molecular complexity index is 1210. The van der Waals surface area contributed by atoms with Gasteiger partial charge in [-0.15, -0.1) is 0 Å². The number of primary amides is 1. The Morgan fingerprint density at radius 2 is 1.85 bits per heavy atom. The number of nitrogens with two attached hydrogens (primary N) is 1. The van der Waals surface area contributed by atoms with Crippen LogP contribution in [0.1, 0.15) is 47.3 Å². The highest BCUT2D eigenvalue weighted by molar-refractivity contribution is 6.43. The number of anilines is 1. The van der Waals surface area contributed by atoms with Crippen molar-refractivity contribution < 1.29 is 34.2 Å². The summed E-state index contributed by atoms with van der Waals surface area (Å²) in [6.07, 6.45) is 0.0555. The lowest BCUT2D eigenvalue weighted by atomic mass is 9.65. The molecule has 2 aliphatic carbocycles. The van der Waals surface area contributed by atoms with Crippen LogP contribution in [0, 0.1) is 23.7 Å². The lowest BCUT2D eigenvalue weighted by Crippen LogP contribution is -2.62. The molecule has 0 aromatic heterocycles. The fourth-order valence-electron chi connectivity index (χ4n) is 6.94. The molecule has 1 aliphatic heterocycles. The number of aromatic hydroxyl groups is 1. The lowest BCUT2D eigenvalue weighted by molar-refractivity contribution is -0.158. The Morgan fingerprint density at radius 1 is 1.18 bits per heavy atom. The number of carbonyl (C=O) groups excluding carboxylic acids is 5. The summed E-state index contributed by atoms with van der Waals surface area (Å²) < 4.78 is 0. The standard InChI is InChI=1S/C28H38N4O7/c1-6-31(4)23-16(25(36)27(38)21(26(23)37)28(29)39)10-13-9-15-20(24(35)17(13)12-33)19(34)11-14-18(30(2)3)7-8-32(5)22(14)15/h11-13,16-18,21,23,26,34,37H,6-10H2,1-5H3,(H2,29,39).